The summed E-state index contributed by atoms with van der Waals surface area (Å²) in [6, 6.07) is 0.830. The van der Waals surface area contributed by atoms with E-state index in [0.29, 0.717) is 0 Å². The van der Waals surface area contributed by atoms with E-state index in [1.54, 1.807) is 0 Å². The van der Waals surface area contributed by atoms with E-state index >= 15 is 0 Å². The Kier molecular flexibility index (Phi) is 8.65. The zero-order valence-electron chi connectivity index (χ0n) is 16.2. The van der Waals surface area contributed by atoms with Crippen LogP contribution < -0.4 is 0 Å². The number of rotatable bonds is 5. The molecule has 2 aliphatic heterocycles. The predicted octanol–water partition coefficient (Wildman–Crippen LogP) is 5.79. The molecule has 2 aliphatic rings. The SMILES string of the molecule is C\C=C(C)/C=C(C)\C(=C\C)SN1CCC(N2CCCCCC2)CC1. The third-order valence-corrected chi connectivity index (χ3v) is 6.74. The molecule has 0 unspecified atom stereocenters. The molecule has 0 saturated carbocycles. The standard InChI is InChI=1S/C21H36N2S/c1-5-18(3)17-19(4)21(6-2)24-23-15-11-20(12-16-23)22-13-9-7-8-10-14-22/h5-6,17,20H,7-16H2,1-4H3/b18-5-,19-17-,21-6-. The summed E-state index contributed by atoms with van der Waals surface area (Å²) in [6.07, 6.45) is 15.1. The lowest BCUT2D eigenvalue weighted by atomic mass is 10.0. The molecule has 0 N–H and O–H groups in total. The maximum Gasteiger partial charge on any atom is 0.0216 e. The van der Waals surface area contributed by atoms with Crippen LogP contribution in [0, 0.1) is 0 Å². The van der Waals surface area contributed by atoms with E-state index in [2.05, 4.69) is 55.1 Å². The van der Waals surface area contributed by atoms with Gasteiger partial charge >= 0.3 is 0 Å². The molecule has 2 rings (SSSR count). The Hall–Kier alpha value is -0.510. The van der Waals surface area contributed by atoms with Gasteiger partial charge in [-0.3, -0.25) is 0 Å². The van der Waals surface area contributed by atoms with Gasteiger partial charge in [0.05, 0.1) is 0 Å². The maximum atomic E-state index is 2.78. The fraction of sp³-hybridized carbons (Fsp3) is 0.714. The number of hydrogen-bond acceptors (Lipinski definition) is 3. The number of allylic oxidation sites excluding steroid dienone is 5. The molecular weight excluding hydrogens is 312 g/mol. The molecule has 0 aromatic heterocycles. The molecule has 136 valence electrons. The molecule has 0 aliphatic carbocycles. The molecule has 2 heterocycles. The van der Waals surface area contributed by atoms with Gasteiger partial charge < -0.3 is 4.90 Å². The van der Waals surface area contributed by atoms with Gasteiger partial charge in [-0.2, -0.15) is 0 Å². The molecule has 0 atom stereocenters. The second-order valence-corrected chi connectivity index (χ2v) is 8.35. The summed E-state index contributed by atoms with van der Waals surface area (Å²) in [5.41, 5.74) is 2.72. The molecule has 24 heavy (non-hydrogen) atoms. The molecule has 0 aromatic rings. The van der Waals surface area contributed by atoms with Crippen molar-refractivity contribution in [1.29, 1.82) is 0 Å². The highest BCUT2D eigenvalue weighted by Gasteiger charge is 2.25. The first-order valence-corrected chi connectivity index (χ1v) is 10.6. The molecule has 2 saturated heterocycles. The van der Waals surface area contributed by atoms with Gasteiger partial charge in [0.25, 0.3) is 0 Å². The van der Waals surface area contributed by atoms with Gasteiger partial charge in [-0.05, 0) is 84.0 Å². The third-order valence-electron chi connectivity index (χ3n) is 5.36. The fourth-order valence-electron chi connectivity index (χ4n) is 3.75. The average molecular weight is 349 g/mol. The summed E-state index contributed by atoms with van der Waals surface area (Å²) in [6.45, 7) is 13.8. The summed E-state index contributed by atoms with van der Waals surface area (Å²) in [7, 11) is 0. The van der Waals surface area contributed by atoms with Gasteiger partial charge in [0.15, 0.2) is 0 Å². The number of piperidine rings is 1. The summed E-state index contributed by atoms with van der Waals surface area (Å²) < 4.78 is 2.58. The zero-order valence-corrected chi connectivity index (χ0v) is 17.0. The van der Waals surface area contributed by atoms with Crippen LogP contribution in [0.2, 0.25) is 0 Å². The van der Waals surface area contributed by atoms with Crippen LogP contribution in [0.5, 0.6) is 0 Å². The summed E-state index contributed by atoms with van der Waals surface area (Å²) in [5.74, 6) is 0. The van der Waals surface area contributed by atoms with E-state index in [1.807, 2.05) is 11.9 Å². The lowest BCUT2D eigenvalue weighted by Crippen LogP contribution is -2.43. The largest absolute Gasteiger partial charge is 0.300 e. The van der Waals surface area contributed by atoms with E-state index < -0.39 is 0 Å². The smallest absolute Gasteiger partial charge is 0.0216 e. The predicted molar refractivity (Wildman–Crippen MR) is 109 cm³/mol. The highest BCUT2D eigenvalue weighted by atomic mass is 32.2. The Morgan fingerprint density at radius 3 is 2.04 bits per heavy atom. The van der Waals surface area contributed by atoms with E-state index in [9.17, 15) is 0 Å². The van der Waals surface area contributed by atoms with Gasteiger partial charge in [-0.15, -0.1) is 0 Å². The summed E-state index contributed by atoms with van der Waals surface area (Å²) in [4.78, 5) is 4.19. The molecule has 0 bridgehead atoms. The van der Waals surface area contributed by atoms with Gasteiger partial charge in [0.1, 0.15) is 0 Å². The molecule has 2 nitrogen and oxygen atoms in total. The van der Waals surface area contributed by atoms with Crippen molar-refractivity contribution < 1.29 is 0 Å². The average Bonchev–Trinajstić information content (AvgIpc) is 2.89. The fourth-order valence-corrected chi connectivity index (χ4v) is 4.73. The van der Waals surface area contributed by atoms with Crippen LogP contribution in [0.25, 0.3) is 0 Å². The number of likely N-dealkylation sites (tertiary alicyclic amines) is 1. The molecule has 0 amide bonds. The Morgan fingerprint density at radius 2 is 1.50 bits per heavy atom. The Morgan fingerprint density at radius 1 is 0.875 bits per heavy atom. The van der Waals surface area contributed by atoms with Crippen LogP contribution in [-0.2, 0) is 0 Å². The van der Waals surface area contributed by atoms with Gasteiger partial charge in [0, 0.05) is 24.0 Å². The topological polar surface area (TPSA) is 6.48 Å². The summed E-state index contributed by atoms with van der Waals surface area (Å²) in [5, 5.41) is 0. The number of nitrogens with zero attached hydrogens (tertiary/aromatic N) is 2. The highest BCUT2D eigenvalue weighted by molar-refractivity contribution is 8.01. The molecule has 0 aromatic carbocycles. The lowest BCUT2D eigenvalue weighted by Gasteiger charge is -2.37. The van der Waals surface area contributed by atoms with Crippen molar-refractivity contribution in [2.45, 2.75) is 72.3 Å². The van der Waals surface area contributed by atoms with Crippen LogP contribution in [0.3, 0.4) is 0 Å². The maximum absolute atomic E-state index is 2.78. The Labute approximate surface area is 154 Å². The third kappa shape index (κ3) is 6.09. The molecule has 2 fully saturated rings. The Balaban J connectivity index is 1.84. The van der Waals surface area contributed by atoms with Crippen molar-refractivity contribution >= 4 is 11.9 Å². The van der Waals surface area contributed by atoms with Gasteiger partial charge in [0.2, 0.25) is 0 Å². The van der Waals surface area contributed by atoms with Crippen LogP contribution in [-0.4, -0.2) is 41.4 Å². The van der Waals surface area contributed by atoms with Crippen LogP contribution in [0.4, 0.5) is 0 Å². The van der Waals surface area contributed by atoms with E-state index in [-0.39, 0.29) is 0 Å². The Bertz CT molecular complexity index is 462. The quantitative estimate of drug-likeness (QED) is 0.458. The lowest BCUT2D eigenvalue weighted by molar-refractivity contribution is 0.147. The zero-order chi connectivity index (χ0) is 17.4. The number of hydrogen-bond donors (Lipinski definition) is 0. The second-order valence-electron chi connectivity index (χ2n) is 7.21. The minimum absolute atomic E-state index is 0.830. The molecule has 0 spiro atoms. The van der Waals surface area contributed by atoms with Crippen molar-refractivity contribution in [3.63, 3.8) is 0 Å². The van der Waals surface area contributed by atoms with Crippen LogP contribution in [0.1, 0.15) is 66.2 Å². The van der Waals surface area contributed by atoms with Crippen molar-refractivity contribution in [2.24, 2.45) is 0 Å². The van der Waals surface area contributed by atoms with Crippen molar-refractivity contribution in [3.8, 4) is 0 Å². The first kappa shape index (κ1) is 19.8. The molecule has 3 heteroatoms. The van der Waals surface area contributed by atoms with Gasteiger partial charge in [-0.25, -0.2) is 4.31 Å². The van der Waals surface area contributed by atoms with Crippen molar-refractivity contribution in [2.75, 3.05) is 26.2 Å². The minimum Gasteiger partial charge on any atom is -0.300 e. The van der Waals surface area contributed by atoms with Crippen molar-refractivity contribution in [3.05, 3.63) is 34.3 Å². The highest BCUT2D eigenvalue weighted by Crippen LogP contribution is 2.32. The van der Waals surface area contributed by atoms with Gasteiger partial charge in [-0.1, -0.05) is 36.6 Å². The molecular formula is C21H36N2S. The van der Waals surface area contributed by atoms with E-state index in [4.69, 9.17) is 0 Å². The van der Waals surface area contributed by atoms with Crippen LogP contribution in [0.15, 0.2) is 34.3 Å². The van der Waals surface area contributed by atoms with E-state index in [1.165, 1.54) is 80.8 Å². The first-order chi connectivity index (χ1) is 11.6. The monoisotopic (exact) mass is 348 g/mol. The van der Waals surface area contributed by atoms with Crippen LogP contribution >= 0.6 is 11.9 Å². The second kappa shape index (κ2) is 10.5. The summed E-state index contributed by atoms with van der Waals surface area (Å²) >= 11 is 1.96. The normalized spacial score (nSPS) is 24.2. The first-order valence-electron chi connectivity index (χ1n) is 9.79. The van der Waals surface area contributed by atoms with E-state index in [0.717, 1.165) is 6.04 Å². The molecule has 0 radical (unpaired) electrons. The minimum atomic E-state index is 0.830. The van der Waals surface area contributed by atoms with Crippen molar-refractivity contribution in [1.82, 2.24) is 9.21 Å².